The maximum Gasteiger partial charge on any atom is 0.206 e. The van der Waals surface area contributed by atoms with E-state index in [9.17, 15) is 17.6 Å². The predicted octanol–water partition coefficient (Wildman–Crippen LogP) is 5.53. The van der Waals surface area contributed by atoms with Crippen molar-refractivity contribution in [2.24, 2.45) is 0 Å². The topological polar surface area (TPSA) is 12.5 Å². The van der Waals surface area contributed by atoms with Crippen LogP contribution < -0.4 is 9.64 Å². The molecule has 2 rings (SSSR count). The van der Waals surface area contributed by atoms with E-state index < -0.39 is 34.0 Å². The Kier molecular flexibility index (Phi) is 5.36. The molecule has 0 bridgehead atoms. The highest BCUT2D eigenvalue weighted by atomic mass is 35.5. The minimum atomic E-state index is -1.69. The van der Waals surface area contributed by atoms with E-state index in [1.165, 1.54) is 12.1 Å². The highest BCUT2D eigenvalue weighted by molar-refractivity contribution is 6.30. The van der Waals surface area contributed by atoms with Gasteiger partial charge in [-0.2, -0.15) is 8.78 Å². The van der Waals surface area contributed by atoms with Gasteiger partial charge in [0.15, 0.2) is 11.6 Å². The van der Waals surface area contributed by atoms with Crippen LogP contribution in [0.1, 0.15) is 13.8 Å². The molecule has 0 aliphatic carbocycles. The van der Waals surface area contributed by atoms with Gasteiger partial charge in [-0.3, -0.25) is 0 Å². The zero-order chi connectivity index (χ0) is 17.1. The monoisotopic (exact) mass is 347 g/mol. The molecular weight excluding hydrogens is 334 g/mol. The number of nitrogens with zero attached hydrogens (tertiary/aromatic N) is 1. The number of anilines is 1. The molecule has 2 aromatic rings. The van der Waals surface area contributed by atoms with E-state index in [1.807, 2.05) is 18.7 Å². The van der Waals surface area contributed by atoms with Gasteiger partial charge >= 0.3 is 0 Å². The highest BCUT2D eigenvalue weighted by Gasteiger charge is 2.26. The molecule has 0 atom stereocenters. The highest BCUT2D eigenvalue weighted by Crippen LogP contribution is 2.36. The first kappa shape index (κ1) is 17.4. The number of benzene rings is 2. The first-order chi connectivity index (χ1) is 10.9. The van der Waals surface area contributed by atoms with Crippen molar-refractivity contribution in [2.45, 2.75) is 13.8 Å². The summed E-state index contributed by atoms with van der Waals surface area (Å²) in [6.45, 7) is 5.32. The molecular formula is C16H14ClF4NO. The van der Waals surface area contributed by atoms with Gasteiger partial charge in [0.2, 0.25) is 17.4 Å². The predicted molar refractivity (Wildman–Crippen MR) is 81.4 cm³/mol. The molecule has 0 saturated carbocycles. The van der Waals surface area contributed by atoms with Crippen molar-refractivity contribution in [2.75, 3.05) is 18.0 Å². The second-order valence-corrected chi connectivity index (χ2v) is 5.05. The SMILES string of the molecule is CCN(CC)c1cccc(Oc2c(F)c(F)c(Cl)c(F)c2F)c1. The molecule has 0 aliphatic rings. The lowest BCUT2D eigenvalue weighted by molar-refractivity contribution is 0.366. The van der Waals surface area contributed by atoms with Crippen molar-refractivity contribution < 1.29 is 22.3 Å². The molecule has 0 aromatic heterocycles. The van der Waals surface area contributed by atoms with Gasteiger partial charge in [-0.05, 0) is 26.0 Å². The first-order valence-electron chi connectivity index (χ1n) is 6.94. The molecule has 7 heteroatoms. The molecule has 2 nitrogen and oxygen atoms in total. The quantitative estimate of drug-likeness (QED) is 0.400. The lowest BCUT2D eigenvalue weighted by Gasteiger charge is -2.21. The van der Waals surface area contributed by atoms with E-state index in [4.69, 9.17) is 16.3 Å². The fourth-order valence-electron chi connectivity index (χ4n) is 2.12. The third-order valence-corrected chi connectivity index (χ3v) is 3.67. The van der Waals surface area contributed by atoms with Gasteiger partial charge in [0.1, 0.15) is 10.8 Å². The Bertz CT molecular complexity index is 690. The summed E-state index contributed by atoms with van der Waals surface area (Å²) in [4.78, 5) is 1.97. The Labute approximate surface area is 136 Å². The van der Waals surface area contributed by atoms with E-state index in [-0.39, 0.29) is 5.75 Å². The lowest BCUT2D eigenvalue weighted by atomic mass is 10.2. The lowest BCUT2D eigenvalue weighted by Crippen LogP contribution is -2.21. The second-order valence-electron chi connectivity index (χ2n) is 4.67. The average molecular weight is 348 g/mol. The number of ether oxygens (including phenoxy) is 1. The summed E-state index contributed by atoms with van der Waals surface area (Å²) < 4.78 is 59.5. The van der Waals surface area contributed by atoms with Crippen LogP contribution in [0.25, 0.3) is 0 Å². The van der Waals surface area contributed by atoms with Crippen LogP contribution >= 0.6 is 11.6 Å². The van der Waals surface area contributed by atoms with Gasteiger partial charge in [0.25, 0.3) is 0 Å². The summed E-state index contributed by atoms with van der Waals surface area (Å²) in [7, 11) is 0. The molecule has 0 aliphatic heterocycles. The van der Waals surface area contributed by atoms with Gasteiger partial charge in [0, 0.05) is 24.8 Å². The Morgan fingerprint density at radius 1 is 0.957 bits per heavy atom. The third kappa shape index (κ3) is 3.37. The van der Waals surface area contributed by atoms with Crippen LogP contribution in [0, 0.1) is 23.3 Å². The number of rotatable bonds is 5. The van der Waals surface area contributed by atoms with Gasteiger partial charge in [0.05, 0.1) is 0 Å². The van der Waals surface area contributed by atoms with E-state index >= 15 is 0 Å². The molecule has 0 fully saturated rings. The van der Waals surface area contributed by atoms with Crippen LogP contribution in [0.5, 0.6) is 11.5 Å². The van der Waals surface area contributed by atoms with Crippen molar-refractivity contribution in [3.8, 4) is 11.5 Å². The Morgan fingerprint density at radius 3 is 2.04 bits per heavy atom. The molecule has 0 radical (unpaired) electrons. The summed E-state index contributed by atoms with van der Waals surface area (Å²) in [5, 5.41) is -1.25. The normalized spacial score (nSPS) is 10.7. The van der Waals surface area contributed by atoms with E-state index in [1.54, 1.807) is 12.1 Å². The number of hydrogen-bond acceptors (Lipinski definition) is 2. The Hall–Kier alpha value is -1.95. The molecule has 0 saturated heterocycles. The van der Waals surface area contributed by atoms with Crippen molar-refractivity contribution >= 4 is 17.3 Å². The average Bonchev–Trinajstić information content (AvgIpc) is 2.57. The maximum absolute atomic E-state index is 13.8. The molecule has 0 spiro atoms. The van der Waals surface area contributed by atoms with Crippen molar-refractivity contribution in [3.05, 3.63) is 52.6 Å². The largest absolute Gasteiger partial charge is 0.451 e. The Morgan fingerprint density at radius 2 is 1.52 bits per heavy atom. The van der Waals surface area contributed by atoms with Crippen LogP contribution in [-0.2, 0) is 0 Å². The molecule has 2 aromatic carbocycles. The van der Waals surface area contributed by atoms with Gasteiger partial charge in [-0.25, -0.2) is 8.78 Å². The van der Waals surface area contributed by atoms with Gasteiger partial charge in [-0.15, -0.1) is 0 Å². The molecule has 0 amide bonds. The minimum absolute atomic E-state index is 0.0494. The van der Waals surface area contributed by atoms with Crippen molar-refractivity contribution in [1.82, 2.24) is 0 Å². The smallest absolute Gasteiger partial charge is 0.206 e. The van der Waals surface area contributed by atoms with Gasteiger partial charge < -0.3 is 9.64 Å². The molecule has 0 unspecified atom stereocenters. The summed E-state index contributed by atoms with van der Waals surface area (Å²) in [5.74, 6) is -7.86. The van der Waals surface area contributed by atoms with E-state index in [0.29, 0.717) is 13.1 Å². The Balaban J connectivity index is 2.43. The summed E-state index contributed by atoms with van der Waals surface area (Å²) in [6.07, 6.45) is 0. The standard InChI is InChI=1S/C16H14ClF4NO/c1-3-22(4-2)9-6-5-7-10(8-9)23-16-14(20)12(18)11(17)13(19)15(16)21/h5-8H,3-4H2,1-2H3. The third-order valence-electron chi connectivity index (χ3n) is 3.34. The molecule has 23 heavy (non-hydrogen) atoms. The second kappa shape index (κ2) is 7.08. The fraction of sp³-hybridized carbons (Fsp3) is 0.250. The summed E-state index contributed by atoms with van der Waals surface area (Å²) in [5.41, 5.74) is 0.753. The van der Waals surface area contributed by atoms with Crippen molar-refractivity contribution in [3.63, 3.8) is 0 Å². The van der Waals surface area contributed by atoms with E-state index in [0.717, 1.165) is 5.69 Å². The van der Waals surface area contributed by atoms with Crippen LogP contribution in [0.15, 0.2) is 24.3 Å². The number of halogens is 5. The van der Waals surface area contributed by atoms with Crippen LogP contribution in [0.3, 0.4) is 0 Å². The maximum atomic E-state index is 13.8. The van der Waals surface area contributed by atoms with E-state index in [2.05, 4.69) is 0 Å². The zero-order valence-corrected chi connectivity index (χ0v) is 13.2. The number of hydrogen-bond donors (Lipinski definition) is 0. The first-order valence-corrected chi connectivity index (χ1v) is 7.32. The summed E-state index contributed by atoms with van der Waals surface area (Å²) >= 11 is 5.18. The summed E-state index contributed by atoms with van der Waals surface area (Å²) in [6, 6.07) is 6.35. The zero-order valence-electron chi connectivity index (χ0n) is 12.5. The van der Waals surface area contributed by atoms with Crippen molar-refractivity contribution in [1.29, 1.82) is 0 Å². The van der Waals surface area contributed by atoms with Crippen LogP contribution in [0.4, 0.5) is 23.2 Å². The molecule has 0 N–H and O–H groups in total. The van der Waals surface area contributed by atoms with Gasteiger partial charge in [-0.1, -0.05) is 17.7 Å². The van der Waals surface area contributed by atoms with Crippen LogP contribution in [0.2, 0.25) is 5.02 Å². The molecule has 0 heterocycles. The fourth-order valence-corrected chi connectivity index (χ4v) is 2.29. The minimum Gasteiger partial charge on any atom is -0.451 e. The van der Waals surface area contributed by atoms with Crippen LogP contribution in [-0.4, -0.2) is 13.1 Å². The molecule has 124 valence electrons.